The average Bonchev–Trinajstić information content (AvgIpc) is 3.35. The summed E-state index contributed by atoms with van der Waals surface area (Å²) in [6.07, 6.45) is 68.4. The third-order valence-corrected chi connectivity index (χ3v) is 14.3. The van der Waals surface area contributed by atoms with Gasteiger partial charge in [0, 0.05) is 19.4 Å². The number of ether oxygens (including phenoxy) is 2. The van der Waals surface area contributed by atoms with Gasteiger partial charge in [-0.1, -0.05) is 275 Å². The van der Waals surface area contributed by atoms with E-state index in [1.54, 1.807) is 0 Å². The summed E-state index contributed by atoms with van der Waals surface area (Å²) in [5, 5.41) is 0. The predicted octanol–water partition coefficient (Wildman–Crippen LogP) is 18.8. The Labute approximate surface area is 433 Å². The van der Waals surface area contributed by atoms with Crippen LogP contribution in [0.5, 0.6) is 0 Å². The Morgan fingerprint density at radius 3 is 1.10 bits per heavy atom. The van der Waals surface area contributed by atoms with Crippen molar-refractivity contribution < 1.29 is 37.6 Å². The van der Waals surface area contributed by atoms with Crippen molar-refractivity contribution in [2.24, 2.45) is 5.73 Å². The van der Waals surface area contributed by atoms with Crippen molar-refractivity contribution >= 4 is 19.8 Å². The lowest BCUT2D eigenvalue weighted by atomic mass is 10.0. The van der Waals surface area contributed by atoms with Crippen molar-refractivity contribution in [2.75, 3.05) is 26.4 Å². The van der Waals surface area contributed by atoms with Crippen LogP contribution in [0.1, 0.15) is 303 Å². The van der Waals surface area contributed by atoms with Gasteiger partial charge < -0.3 is 20.1 Å². The first-order valence-electron chi connectivity index (χ1n) is 30.0. The normalized spacial score (nSPS) is 13.3. The van der Waals surface area contributed by atoms with Gasteiger partial charge in [0.2, 0.25) is 0 Å². The molecule has 0 spiro atoms. The number of esters is 2. The van der Waals surface area contributed by atoms with Gasteiger partial charge in [-0.15, -0.1) is 0 Å². The van der Waals surface area contributed by atoms with E-state index in [0.717, 1.165) is 44.9 Å². The monoisotopic (exact) mass is 1010 g/mol. The fourth-order valence-electron chi connectivity index (χ4n) is 8.82. The lowest BCUT2D eigenvalue weighted by Gasteiger charge is -2.19. The summed E-state index contributed by atoms with van der Waals surface area (Å²) in [4.78, 5) is 34.9. The summed E-state index contributed by atoms with van der Waals surface area (Å²) in [7, 11) is -4.37. The van der Waals surface area contributed by atoms with Gasteiger partial charge in [0.1, 0.15) is 6.61 Å². The molecule has 3 N–H and O–H groups in total. The number of phosphoric acid groups is 1. The Morgan fingerprint density at radius 2 is 0.743 bits per heavy atom. The minimum Gasteiger partial charge on any atom is -0.462 e. The minimum atomic E-state index is -4.37. The Morgan fingerprint density at radius 1 is 0.429 bits per heavy atom. The second kappa shape index (κ2) is 56.5. The van der Waals surface area contributed by atoms with Crippen molar-refractivity contribution in [1.82, 2.24) is 0 Å². The van der Waals surface area contributed by atoms with Gasteiger partial charge in [0.15, 0.2) is 6.10 Å². The van der Waals surface area contributed by atoms with Crippen molar-refractivity contribution in [3.63, 3.8) is 0 Å². The molecule has 0 aliphatic rings. The van der Waals surface area contributed by atoms with Crippen LogP contribution < -0.4 is 5.73 Å². The third kappa shape index (κ3) is 55.5. The molecule has 0 amide bonds. The van der Waals surface area contributed by atoms with E-state index in [9.17, 15) is 19.0 Å². The second-order valence-corrected chi connectivity index (χ2v) is 21.7. The lowest BCUT2D eigenvalue weighted by Crippen LogP contribution is -2.29. The number of hydrogen-bond acceptors (Lipinski definition) is 8. The fraction of sp³-hybridized carbons (Fsp3) is 0.867. The van der Waals surface area contributed by atoms with E-state index in [2.05, 4.69) is 50.3 Å². The number of hydrogen-bond donors (Lipinski definition) is 2. The first-order valence-corrected chi connectivity index (χ1v) is 31.5. The van der Waals surface area contributed by atoms with E-state index in [0.29, 0.717) is 6.42 Å². The fourth-order valence-corrected chi connectivity index (χ4v) is 9.59. The second-order valence-electron chi connectivity index (χ2n) is 20.2. The van der Waals surface area contributed by atoms with Crippen LogP contribution in [0.15, 0.2) is 36.5 Å². The van der Waals surface area contributed by atoms with E-state index < -0.39 is 26.5 Å². The smallest absolute Gasteiger partial charge is 0.462 e. The van der Waals surface area contributed by atoms with Crippen LogP contribution in [0.3, 0.4) is 0 Å². The summed E-state index contributed by atoms with van der Waals surface area (Å²) >= 11 is 0. The predicted molar refractivity (Wildman–Crippen MR) is 298 cm³/mol. The van der Waals surface area contributed by atoms with Crippen molar-refractivity contribution in [2.45, 2.75) is 309 Å². The maximum atomic E-state index is 12.6. The molecule has 0 radical (unpaired) electrons. The van der Waals surface area contributed by atoms with Gasteiger partial charge in [-0.3, -0.25) is 18.6 Å². The van der Waals surface area contributed by atoms with Gasteiger partial charge in [0.25, 0.3) is 0 Å². The van der Waals surface area contributed by atoms with Gasteiger partial charge in [-0.05, 0) is 51.4 Å². The molecule has 70 heavy (non-hydrogen) atoms. The largest absolute Gasteiger partial charge is 0.472 e. The van der Waals surface area contributed by atoms with Gasteiger partial charge in [-0.2, -0.15) is 0 Å². The van der Waals surface area contributed by atoms with E-state index in [4.69, 9.17) is 24.3 Å². The lowest BCUT2D eigenvalue weighted by molar-refractivity contribution is -0.161. The molecule has 0 saturated carbocycles. The SMILES string of the molecule is CCCCCCC/C=C\C/C=C\C/C=C\CCCCCCCCCCCCCCCCCCCCCCCCCCCCC(=O)OC(COC(=O)CCCCCCCCCC)COP(=O)(O)OCCN. The highest BCUT2D eigenvalue weighted by Gasteiger charge is 2.26. The highest BCUT2D eigenvalue weighted by Crippen LogP contribution is 2.43. The molecule has 0 bridgehead atoms. The minimum absolute atomic E-state index is 0.0563. The molecule has 2 unspecified atom stereocenters. The molecule has 2 atom stereocenters. The molecule has 0 aromatic heterocycles. The van der Waals surface area contributed by atoms with Crippen LogP contribution in [0, 0.1) is 0 Å². The molecule has 0 fully saturated rings. The van der Waals surface area contributed by atoms with Gasteiger partial charge in [-0.25, -0.2) is 4.57 Å². The summed E-state index contributed by atoms with van der Waals surface area (Å²) < 4.78 is 32.8. The topological polar surface area (TPSA) is 134 Å². The van der Waals surface area contributed by atoms with Crippen molar-refractivity contribution in [1.29, 1.82) is 0 Å². The van der Waals surface area contributed by atoms with Crippen LogP contribution in [0.25, 0.3) is 0 Å². The maximum Gasteiger partial charge on any atom is 0.472 e. The van der Waals surface area contributed by atoms with Crippen LogP contribution in [-0.2, 0) is 32.7 Å². The van der Waals surface area contributed by atoms with Gasteiger partial charge in [0.05, 0.1) is 13.2 Å². The molecule has 0 saturated heterocycles. The quantitative estimate of drug-likeness (QED) is 0.0264. The Balaban J connectivity index is 3.64. The summed E-state index contributed by atoms with van der Waals surface area (Å²) in [6.45, 7) is 3.72. The van der Waals surface area contributed by atoms with Crippen LogP contribution in [0.4, 0.5) is 0 Å². The van der Waals surface area contributed by atoms with E-state index >= 15 is 0 Å². The van der Waals surface area contributed by atoms with E-state index in [1.165, 1.54) is 225 Å². The Kier molecular flexibility index (Phi) is 55.1. The molecule has 412 valence electrons. The molecule has 0 aromatic rings. The molecule has 0 heterocycles. The number of phosphoric ester groups is 1. The van der Waals surface area contributed by atoms with Crippen LogP contribution in [0.2, 0.25) is 0 Å². The maximum absolute atomic E-state index is 12.6. The molecule has 0 aromatic carbocycles. The summed E-state index contributed by atoms with van der Waals surface area (Å²) in [6, 6.07) is 0. The first-order chi connectivity index (χ1) is 34.3. The number of allylic oxidation sites excluding steroid dienone is 6. The molecule has 9 nitrogen and oxygen atoms in total. The molecule has 10 heteroatoms. The number of unbranched alkanes of at least 4 members (excludes halogenated alkanes) is 38. The highest BCUT2D eigenvalue weighted by molar-refractivity contribution is 7.47. The molecule has 0 aliphatic heterocycles. The van der Waals surface area contributed by atoms with Crippen LogP contribution >= 0.6 is 7.82 Å². The van der Waals surface area contributed by atoms with Crippen molar-refractivity contribution in [3.8, 4) is 0 Å². The van der Waals surface area contributed by atoms with E-state index in [-0.39, 0.29) is 38.6 Å². The summed E-state index contributed by atoms with van der Waals surface area (Å²) in [5.74, 6) is -0.819. The molecule has 0 aliphatic carbocycles. The highest BCUT2D eigenvalue weighted by atomic mass is 31.2. The zero-order chi connectivity index (χ0) is 51.0. The van der Waals surface area contributed by atoms with E-state index in [1.807, 2.05) is 0 Å². The molecular formula is C60H114NO8P. The summed E-state index contributed by atoms with van der Waals surface area (Å²) in [5.41, 5.74) is 5.36. The zero-order valence-corrected chi connectivity index (χ0v) is 46.9. The third-order valence-electron chi connectivity index (χ3n) is 13.3. The van der Waals surface area contributed by atoms with Crippen LogP contribution in [-0.4, -0.2) is 49.3 Å². The number of carbonyl (C=O) groups is 2. The first kappa shape index (κ1) is 68.2. The average molecular weight is 1010 g/mol. The number of nitrogens with two attached hydrogens (primary N) is 1. The van der Waals surface area contributed by atoms with Crippen molar-refractivity contribution in [3.05, 3.63) is 36.5 Å². The standard InChI is InChI=1S/C60H114NO8P/c1-3-5-7-9-11-13-14-15-16-17-18-19-20-21-22-23-24-25-26-27-28-29-30-31-32-33-34-35-36-37-38-39-40-41-42-43-44-45-47-49-51-53-60(63)69-58(57-68-70(64,65)67-55-54-61)56-66-59(62)52-50-48-46-12-10-8-6-4-2/h14-15,17-18,20-21,58H,3-13,16,19,22-57,61H2,1-2H3,(H,64,65)/b15-14-,18-17-,21-20-. The number of rotatable bonds is 57. The van der Waals surface area contributed by atoms with Gasteiger partial charge >= 0.3 is 19.8 Å². The Bertz CT molecular complexity index is 1240. The molecular weight excluding hydrogens is 894 g/mol. The molecule has 0 rings (SSSR count). The zero-order valence-electron chi connectivity index (χ0n) is 46.0. The Hall–Kier alpha value is -1.77. The number of carbonyl (C=O) groups excluding carboxylic acids is 2.